The molecule has 1 fully saturated rings. The van der Waals surface area contributed by atoms with Crippen LogP contribution in [0.5, 0.6) is 0 Å². The molecule has 2 heterocycles. The third-order valence-corrected chi connectivity index (χ3v) is 5.73. The first-order chi connectivity index (χ1) is 9.26. The van der Waals surface area contributed by atoms with Gasteiger partial charge in [-0.25, -0.2) is 19.2 Å². The van der Waals surface area contributed by atoms with Crippen LogP contribution in [0.4, 0.5) is 5.82 Å². The topological polar surface area (TPSA) is 88.3 Å². The van der Waals surface area contributed by atoms with Gasteiger partial charge in [0.2, 0.25) is 10.0 Å². The molecule has 8 heteroatoms. The summed E-state index contributed by atoms with van der Waals surface area (Å²) >= 11 is 3.25. The van der Waals surface area contributed by atoms with Gasteiger partial charge in [-0.15, -0.1) is 0 Å². The average molecular weight is 363 g/mol. The maximum Gasteiger partial charge on any atom is 0.246 e. The van der Waals surface area contributed by atoms with Crippen LogP contribution in [0.2, 0.25) is 0 Å². The third kappa shape index (κ3) is 3.13. The Morgan fingerprint density at radius 3 is 2.80 bits per heavy atom. The van der Waals surface area contributed by atoms with Crippen molar-refractivity contribution in [3.8, 4) is 0 Å². The fraction of sp³-hybridized carbons (Fsp3) is 0.583. The highest BCUT2D eigenvalue weighted by Gasteiger charge is 2.35. The van der Waals surface area contributed by atoms with Gasteiger partial charge in [-0.1, -0.05) is 13.8 Å². The van der Waals surface area contributed by atoms with Crippen molar-refractivity contribution in [3.63, 3.8) is 0 Å². The van der Waals surface area contributed by atoms with Gasteiger partial charge >= 0.3 is 0 Å². The fourth-order valence-electron chi connectivity index (χ4n) is 2.44. The van der Waals surface area contributed by atoms with E-state index in [0.717, 1.165) is 12.8 Å². The first-order valence-corrected chi connectivity index (χ1v) is 8.62. The summed E-state index contributed by atoms with van der Waals surface area (Å²) in [5.41, 5.74) is 2.34. The van der Waals surface area contributed by atoms with E-state index in [0.29, 0.717) is 17.6 Å². The summed E-state index contributed by atoms with van der Waals surface area (Å²) in [6, 6.07) is 1.53. The summed E-state index contributed by atoms with van der Waals surface area (Å²) in [4.78, 5) is 4.11. The monoisotopic (exact) mass is 362 g/mol. The van der Waals surface area contributed by atoms with Gasteiger partial charge in [-0.05, 0) is 40.3 Å². The normalized spacial score (nSPS) is 19.8. The molecular formula is C12H19BrN4O2S. The van der Waals surface area contributed by atoms with Crippen molar-refractivity contribution >= 4 is 31.8 Å². The molecule has 0 aromatic carbocycles. The number of rotatable bonds is 3. The molecule has 20 heavy (non-hydrogen) atoms. The minimum absolute atomic E-state index is 0.0128. The quantitative estimate of drug-likeness (QED) is 0.633. The number of anilines is 1. The zero-order valence-corrected chi connectivity index (χ0v) is 14.0. The minimum atomic E-state index is -3.60. The molecule has 0 saturated carbocycles. The van der Waals surface area contributed by atoms with Crippen LogP contribution < -0.4 is 11.3 Å². The van der Waals surface area contributed by atoms with Crippen LogP contribution in [0, 0.1) is 5.41 Å². The largest absolute Gasteiger partial charge is 0.307 e. The van der Waals surface area contributed by atoms with Crippen molar-refractivity contribution < 1.29 is 8.42 Å². The summed E-state index contributed by atoms with van der Waals surface area (Å²) in [7, 11) is -3.60. The average Bonchev–Trinajstić information content (AvgIpc) is 2.37. The molecule has 0 radical (unpaired) electrons. The van der Waals surface area contributed by atoms with E-state index in [-0.39, 0.29) is 16.1 Å². The molecule has 1 saturated heterocycles. The molecule has 1 aliphatic heterocycles. The van der Waals surface area contributed by atoms with Gasteiger partial charge in [0.25, 0.3) is 0 Å². The maximum absolute atomic E-state index is 12.8. The molecule has 0 atom stereocenters. The fourth-order valence-corrected chi connectivity index (χ4v) is 4.72. The molecule has 112 valence electrons. The second-order valence-electron chi connectivity index (χ2n) is 5.75. The van der Waals surface area contributed by atoms with E-state index in [1.165, 1.54) is 16.6 Å². The Hall–Kier alpha value is -0.700. The molecule has 0 amide bonds. The third-order valence-electron chi connectivity index (χ3n) is 3.44. The number of piperidine rings is 1. The Labute approximate surface area is 127 Å². The van der Waals surface area contributed by atoms with Crippen LogP contribution in [0.25, 0.3) is 0 Å². The molecule has 0 aliphatic carbocycles. The summed E-state index contributed by atoms with van der Waals surface area (Å²) in [5.74, 6) is 5.53. The van der Waals surface area contributed by atoms with E-state index in [1.807, 2.05) is 0 Å². The minimum Gasteiger partial charge on any atom is -0.307 e. The second-order valence-corrected chi connectivity index (χ2v) is 8.57. The Morgan fingerprint density at radius 1 is 1.50 bits per heavy atom. The Balaban J connectivity index is 2.42. The predicted octanol–water partition coefficient (Wildman–Crippen LogP) is 1.94. The van der Waals surface area contributed by atoms with Crippen LogP contribution in [0.15, 0.2) is 21.6 Å². The Bertz CT molecular complexity index is 603. The van der Waals surface area contributed by atoms with E-state index < -0.39 is 10.0 Å². The van der Waals surface area contributed by atoms with Crippen LogP contribution in [-0.2, 0) is 10.0 Å². The number of nitrogens with two attached hydrogens (primary N) is 1. The number of sulfonamides is 1. The lowest BCUT2D eigenvalue weighted by Crippen LogP contribution is -2.43. The summed E-state index contributed by atoms with van der Waals surface area (Å²) in [6.07, 6.45) is 3.39. The zero-order valence-electron chi connectivity index (χ0n) is 11.6. The van der Waals surface area contributed by atoms with Gasteiger partial charge in [-0.3, -0.25) is 0 Å². The standard InChI is InChI=1S/C12H19BrN4O2S/c1-12(2)4-3-5-17(8-12)20(18,19)10-6-9(13)7-15-11(10)16-14/h6-7H,3-5,8,14H2,1-2H3,(H,15,16). The van der Waals surface area contributed by atoms with Crippen molar-refractivity contribution in [2.75, 3.05) is 18.5 Å². The lowest BCUT2D eigenvalue weighted by molar-refractivity contribution is 0.187. The van der Waals surface area contributed by atoms with E-state index in [9.17, 15) is 8.42 Å². The number of hydrazine groups is 1. The van der Waals surface area contributed by atoms with Crippen molar-refractivity contribution in [1.82, 2.24) is 9.29 Å². The highest BCUT2D eigenvalue weighted by atomic mass is 79.9. The van der Waals surface area contributed by atoms with Gasteiger partial charge in [0.1, 0.15) is 4.90 Å². The number of halogens is 1. The lowest BCUT2D eigenvalue weighted by Gasteiger charge is -2.37. The highest BCUT2D eigenvalue weighted by molar-refractivity contribution is 9.10. The van der Waals surface area contributed by atoms with Gasteiger partial charge in [0.15, 0.2) is 5.82 Å². The SMILES string of the molecule is CC1(C)CCCN(S(=O)(=O)c2cc(Br)cnc2NN)C1. The van der Waals surface area contributed by atoms with Gasteiger partial charge in [-0.2, -0.15) is 4.31 Å². The zero-order chi connectivity index (χ0) is 15.0. The lowest BCUT2D eigenvalue weighted by atomic mass is 9.85. The van der Waals surface area contributed by atoms with Crippen molar-refractivity contribution in [1.29, 1.82) is 0 Å². The number of nitrogens with zero attached hydrogens (tertiary/aromatic N) is 2. The molecule has 0 unspecified atom stereocenters. The van der Waals surface area contributed by atoms with E-state index in [1.54, 1.807) is 0 Å². The van der Waals surface area contributed by atoms with Gasteiger partial charge in [0.05, 0.1) is 0 Å². The van der Waals surface area contributed by atoms with E-state index in [2.05, 4.69) is 40.2 Å². The van der Waals surface area contributed by atoms with Crippen LogP contribution in [-0.4, -0.2) is 30.8 Å². The van der Waals surface area contributed by atoms with E-state index >= 15 is 0 Å². The highest BCUT2D eigenvalue weighted by Crippen LogP contribution is 2.33. The molecule has 1 aromatic rings. The van der Waals surface area contributed by atoms with Gasteiger partial charge in [0, 0.05) is 23.8 Å². The summed E-state index contributed by atoms with van der Waals surface area (Å²) in [6.45, 7) is 5.19. The molecule has 6 nitrogen and oxygen atoms in total. The first kappa shape index (κ1) is 15.7. The molecular weight excluding hydrogens is 344 g/mol. The number of pyridine rings is 1. The second kappa shape index (κ2) is 5.59. The molecule has 0 bridgehead atoms. The number of hydrogen-bond donors (Lipinski definition) is 2. The summed E-state index contributed by atoms with van der Waals surface area (Å²) in [5, 5.41) is 0. The van der Waals surface area contributed by atoms with E-state index in [4.69, 9.17) is 5.84 Å². The Kier molecular flexibility index (Phi) is 4.38. The van der Waals surface area contributed by atoms with Crippen LogP contribution in [0.3, 0.4) is 0 Å². The van der Waals surface area contributed by atoms with Gasteiger partial charge < -0.3 is 5.43 Å². The predicted molar refractivity (Wildman–Crippen MR) is 81.5 cm³/mol. The Morgan fingerprint density at radius 2 is 2.20 bits per heavy atom. The summed E-state index contributed by atoms with van der Waals surface area (Å²) < 4.78 is 27.7. The van der Waals surface area contributed by atoms with Crippen LogP contribution >= 0.6 is 15.9 Å². The molecule has 0 spiro atoms. The number of nitrogens with one attached hydrogen (secondary N) is 1. The first-order valence-electron chi connectivity index (χ1n) is 6.39. The van der Waals surface area contributed by atoms with Crippen molar-refractivity contribution in [2.24, 2.45) is 11.3 Å². The molecule has 3 N–H and O–H groups in total. The number of nitrogen functional groups attached to an aromatic ring is 1. The van der Waals surface area contributed by atoms with Crippen LogP contribution in [0.1, 0.15) is 26.7 Å². The molecule has 2 rings (SSSR count). The molecule has 1 aromatic heterocycles. The molecule has 1 aliphatic rings. The smallest absolute Gasteiger partial charge is 0.246 e. The number of hydrogen-bond acceptors (Lipinski definition) is 5. The van der Waals surface area contributed by atoms with Crippen molar-refractivity contribution in [3.05, 3.63) is 16.7 Å². The number of aromatic nitrogens is 1. The maximum atomic E-state index is 12.8. The van der Waals surface area contributed by atoms with Crippen molar-refractivity contribution in [2.45, 2.75) is 31.6 Å².